The maximum absolute atomic E-state index is 11.5. The van der Waals surface area contributed by atoms with E-state index in [1.807, 2.05) is 13.0 Å². The molecule has 1 aliphatic carbocycles. The molecule has 3 aromatic rings. The van der Waals surface area contributed by atoms with E-state index in [-0.39, 0.29) is 0 Å². The molecule has 5 heteroatoms. The Bertz CT molecular complexity index is 906. The second kappa shape index (κ2) is 6.64. The van der Waals surface area contributed by atoms with Gasteiger partial charge >= 0.3 is 5.97 Å². The Balaban J connectivity index is 1.88. The first-order chi connectivity index (χ1) is 12.1. The lowest BCUT2D eigenvalue weighted by molar-refractivity contribution is 0.0696. The number of fused-ring (bicyclic) bond motifs is 1. The Morgan fingerprint density at radius 3 is 2.76 bits per heavy atom. The summed E-state index contributed by atoms with van der Waals surface area (Å²) < 4.78 is 2.40. The number of thiophene rings is 1. The summed E-state index contributed by atoms with van der Waals surface area (Å²) in [5, 5.41) is 11.5. The van der Waals surface area contributed by atoms with E-state index in [1.165, 1.54) is 37.0 Å². The van der Waals surface area contributed by atoms with Crippen molar-refractivity contribution in [3.63, 3.8) is 0 Å². The number of carboxylic acids is 1. The molecule has 1 aliphatic rings. The molecule has 1 N–H and O–H groups in total. The van der Waals surface area contributed by atoms with Crippen LogP contribution in [0, 0.1) is 6.92 Å². The van der Waals surface area contributed by atoms with Gasteiger partial charge in [0.25, 0.3) is 0 Å². The molecule has 4 nitrogen and oxygen atoms in total. The number of carbonyl (C=O) groups is 1. The number of aromatic nitrogens is 2. The molecule has 1 aromatic carbocycles. The number of hydrogen-bond donors (Lipinski definition) is 1. The largest absolute Gasteiger partial charge is 0.478 e. The summed E-state index contributed by atoms with van der Waals surface area (Å²) in [6.45, 7) is 1.87. The number of imidazole rings is 1. The van der Waals surface area contributed by atoms with Gasteiger partial charge in [0.15, 0.2) is 0 Å². The molecular formula is C20H22N2O2S. The maximum Gasteiger partial charge on any atom is 0.336 e. The van der Waals surface area contributed by atoms with Gasteiger partial charge in [0.2, 0.25) is 0 Å². The molecule has 0 aliphatic heterocycles. The topological polar surface area (TPSA) is 55.1 Å². The van der Waals surface area contributed by atoms with Crippen LogP contribution in [0.25, 0.3) is 11.0 Å². The van der Waals surface area contributed by atoms with Crippen molar-refractivity contribution in [2.45, 2.75) is 51.5 Å². The van der Waals surface area contributed by atoms with Gasteiger partial charge in [0.05, 0.1) is 16.6 Å². The molecule has 25 heavy (non-hydrogen) atoms. The van der Waals surface area contributed by atoms with Crippen molar-refractivity contribution >= 4 is 28.3 Å². The van der Waals surface area contributed by atoms with Crippen LogP contribution in [0.4, 0.5) is 0 Å². The van der Waals surface area contributed by atoms with Crippen molar-refractivity contribution in [2.24, 2.45) is 0 Å². The maximum atomic E-state index is 11.5. The van der Waals surface area contributed by atoms with Crippen LogP contribution in [0.1, 0.15) is 64.8 Å². The second-order valence-corrected chi connectivity index (χ2v) is 7.89. The van der Waals surface area contributed by atoms with E-state index in [9.17, 15) is 9.90 Å². The second-order valence-electron chi connectivity index (χ2n) is 6.86. The zero-order valence-electron chi connectivity index (χ0n) is 14.4. The van der Waals surface area contributed by atoms with Crippen molar-refractivity contribution in [1.82, 2.24) is 9.55 Å². The van der Waals surface area contributed by atoms with Crippen molar-refractivity contribution in [2.75, 3.05) is 0 Å². The third-order valence-corrected chi connectivity index (χ3v) is 6.15. The van der Waals surface area contributed by atoms with E-state index in [2.05, 4.69) is 22.1 Å². The number of aromatic carboxylic acids is 1. The minimum atomic E-state index is -0.883. The Morgan fingerprint density at radius 2 is 2.08 bits per heavy atom. The number of rotatable bonds is 4. The quantitative estimate of drug-likeness (QED) is 0.700. The van der Waals surface area contributed by atoms with Gasteiger partial charge < -0.3 is 9.67 Å². The average Bonchev–Trinajstić information content (AvgIpc) is 3.24. The first kappa shape index (κ1) is 16.3. The van der Waals surface area contributed by atoms with Crippen molar-refractivity contribution in [3.05, 3.63) is 51.5 Å². The monoisotopic (exact) mass is 354 g/mol. The third-order valence-electron chi connectivity index (χ3n) is 5.27. The minimum Gasteiger partial charge on any atom is -0.478 e. The summed E-state index contributed by atoms with van der Waals surface area (Å²) in [5.41, 5.74) is 3.05. The Kier molecular flexibility index (Phi) is 4.34. The summed E-state index contributed by atoms with van der Waals surface area (Å²) in [6, 6.07) is 8.37. The van der Waals surface area contributed by atoms with Crippen LogP contribution >= 0.6 is 11.3 Å². The van der Waals surface area contributed by atoms with Gasteiger partial charge in [0, 0.05) is 17.3 Å². The van der Waals surface area contributed by atoms with Gasteiger partial charge in [-0.05, 0) is 48.9 Å². The highest BCUT2D eigenvalue weighted by molar-refractivity contribution is 7.09. The molecule has 0 amide bonds. The van der Waals surface area contributed by atoms with Gasteiger partial charge in [-0.3, -0.25) is 0 Å². The third kappa shape index (κ3) is 2.97. The molecule has 0 atom stereocenters. The van der Waals surface area contributed by atoms with Crippen molar-refractivity contribution in [1.29, 1.82) is 0 Å². The fourth-order valence-corrected chi connectivity index (χ4v) is 4.72. The molecule has 130 valence electrons. The Morgan fingerprint density at radius 1 is 1.28 bits per heavy atom. The van der Waals surface area contributed by atoms with Crippen LogP contribution in [-0.4, -0.2) is 20.6 Å². The van der Waals surface area contributed by atoms with Crippen LogP contribution < -0.4 is 0 Å². The number of nitrogens with zero attached hydrogens (tertiary/aromatic N) is 2. The lowest BCUT2D eigenvalue weighted by atomic mass is 9.95. The highest BCUT2D eigenvalue weighted by Gasteiger charge is 2.23. The van der Waals surface area contributed by atoms with Gasteiger partial charge in [-0.15, -0.1) is 11.3 Å². The van der Waals surface area contributed by atoms with E-state index in [0.29, 0.717) is 11.6 Å². The van der Waals surface area contributed by atoms with Gasteiger partial charge in [-0.1, -0.05) is 25.3 Å². The number of benzene rings is 1. The van der Waals surface area contributed by atoms with Crippen molar-refractivity contribution in [3.8, 4) is 0 Å². The van der Waals surface area contributed by atoms with Crippen LogP contribution in [0.15, 0.2) is 29.6 Å². The van der Waals surface area contributed by atoms with E-state index >= 15 is 0 Å². The zero-order valence-corrected chi connectivity index (χ0v) is 15.2. The lowest BCUT2D eigenvalue weighted by Gasteiger charge is -2.25. The highest BCUT2D eigenvalue weighted by Crippen LogP contribution is 2.34. The Labute approximate surface area is 151 Å². The standard InChI is InChI=1S/C20H22N2O2S/c1-13-16(20(23)24)9-10-17-19(13)21-18(12-15-8-5-11-25-15)22(17)14-6-3-2-4-7-14/h5,8-11,14H,2-4,6-7,12H2,1H3,(H,23,24). The molecule has 0 spiro atoms. The average molecular weight is 354 g/mol. The molecule has 0 unspecified atom stereocenters. The van der Waals surface area contributed by atoms with E-state index < -0.39 is 5.97 Å². The van der Waals surface area contributed by atoms with Crippen molar-refractivity contribution < 1.29 is 9.90 Å². The molecule has 2 heterocycles. The molecule has 0 bridgehead atoms. The highest BCUT2D eigenvalue weighted by atomic mass is 32.1. The molecule has 1 saturated carbocycles. The first-order valence-corrected chi connectivity index (χ1v) is 9.79. The first-order valence-electron chi connectivity index (χ1n) is 8.91. The normalized spacial score (nSPS) is 15.7. The smallest absolute Gasteiger partial charge is 0.336 e. The predicted molar refractivity (Wildman–Crippen MR) is 101 cm³/mol. The predicted octanol–water partition coefficient (Wildman–Crippen LogP) is 5.20. The molecule has 0 radical (unpaired) electrons. The fourth-order valence-electron chi connectivity index (χ4n) is 4.02. The van der Waals surface area contributed by atoms with Gasteiger partial charge in [0.1, 0.15) is 5.82 Å². The summed E-state index contributed by atoms with van der Waals surface area (Å²) in [5.74, 6) is 0.182. The minimum absolute atomic E-state index is 0.350. The van der Waals surface area contributed by atoms with E-state index in [0.717, 1.165) is 28.8 Å². The molecule has 1 fully saturated rings. The SMILES string of the molecule is Cc1c(C(=O)O)ccc2c1nc(Cc1cccs1)n2C1CCCCC1. The summed E-state index contributed by atoms with van der Waals surface area (Å²) in [7, 11) is 0. The summed E-state index contributed by atoms with van der Waals surface area (Å²) >= 11 is 1.75. The summed E-state index contributed by atoms with van der Waals surface area (Å²) in [6.07, 6.45) is 7.01. The van der Waals surface area contributed by atoms with Crippen LogP contribution in [-0.2, 0) is 6.42 Å². The number of carboxylic acid groups (broad SMARTS) is 1. The van der Waals surface area contributed by atoms with Crippen LogP contribution in [0.5, 0.6) is 0 Å². The molecular weight excluding hydrogens is 332 g/mol. The fraction of sp³-hybridized carbons (Fsp3) is 0.400. The zero-order chi connectivity index (χ0) is 17.4. The molecule has 4 rings (SSSR count). The van der Waals surface area contributed by atoms with E-state index in [4.69, 9.17) is 4.98 Å². The van der Waals surface area contributed by atoms with Gasteiger partial charge in [-0.2, -0.15) is 0 Å². The van der Waals surface area contributed by atoms with Gasteiger partial charge in [-0.25, -0.2) is 9.78 Å². The Hall–Kier alpha value is -2.14. The molecule has 0 saturated heterocycles. The van der Waals surface area contributed by atoms with E-state index in [1.54, 1.807) is 17.4 Å². The number of aryl methyl sites for hydroxylation is 1. The van der Waals surface area contributed by atoms with Crippen LogP contribution in [0.2, 0.25) is 0 Å². The molecule has 2 aromatic heterocycles. The van der Waals surface area contributed by atoms with Crippen LogP contribution in [0.3, 0.4) is 0 Å². The lowest BCUT2D eigenvalue weighted by Crippen LogP contribution is -2.15. The number of hydrogen-bond acceptors (Lipinski definition) is 3. The summed E-state index contributed by atoms with van der Waals surface area (Å²) in [4.78, 5) is 17.7.